The minimum Gasteiger partial charge on any atom is -0.454 e. The maximum Gasteiger partial charge on any atom is 0.257 e. The van der Waals surface area contributed by atoms with Crippen LogP contribution in [0.25, 0.3) is 22.3 Å². The number of hydrogen-bond acceptors (Lipinski definition) is 10. The largest absolute Gasteiger partial charge is 0.454 e. The molecule has 0 aliphatic carbocycles. The monoisotopic (exact) mass is 551 g/mol. The van der Waals surface area contributed by atoms with E-state index >= 15 is 0 Å². The minimum atomic E-state index is -1.43. The van der Waals surface area contributed by atoms with Gasteiger partial charge in [0.25, 0.3) is 5.56 Å². The van der Waals surface area contributed by atoms with Crippen molar-refractivity contribution in [3.05, 3.63) is 50.8 Å². The van der Waals surface area contributed by atoms with Gasteiger partial charge in [0, 0.05) is 81.1 Å². The molecule has 3 aromatic rings. The van der Waals surface area contributed by atoms with E-state index in [1.54, 1.807) is 10.6 Å². The Kier molecular flexibility index (Phi) is 8.77. The molecular formula is C29H37N5O6. The van der Waals surface area contributed by atoms with E-state index < -0.39 is 6.10 Å². The molecule has 40 heavy (non-hydrogen) atoms. The van der Waals surface area contributed by atoms with Crippen LogP contribution in [0.1, 0.15) is 42.2 Å². The Morgan fingerprint density at radius 2 is 1.93 bits per heavy atom. The molecule has 3 N–H and O–H groups in total. The Labute approximate surface area is 233 Å². The number of aldehydes is 1. The van der Waals surface area contributed by atoms with E-state index in [2.05, 4.69) is 15.5 Å². The average molecular weight is 552 g/mol. The molecule has 0 amide bonds. The molecule has 2 aromatic heterocycles. The van der Waals surface area contributed by atoms with Crippen molar-refractivity contribution in [3.63, 3.8) is 0 Å². The Morgan fingerprint density at radius 1 is 1.18 bits per heavy atom. The van der Waals surface area contributed by atoms with Crippen LogP contribution >= 0.6 is 0 Å². The molecule has 3 aliphatic rings. The van der Waals surface area contributed by atoms with Crippen LogP contribution in [0.2, 0.25) is 0 Å². The number of aromatic nitrogens is 2. The van der Waals surface area contributed by atoms with Gasteiger partial charge in [-0.25, -0.2) is 4.98 Å². The molecule has 1 fully saturated rings. The summed E-state index contributed by atoms with van der Waals surface area (Å²) in [7, 11) is 1.48. The Balaban J connectivity index is 0.00000158. The number of fused-ring (bicyclic) bond motifs is 5. The third kappa shape index (κ3) is 5.23. The Morgan fingerprint density at radius 3 is 2.65 bits per heavy atom. The zero-order valence-electron chi connectivity index (χ0n) is 23.3. The maximum atomic E-state index is 13.5. The van der Waals surface area contributed by atoms with E-state index in [-0.39, 0.29) is 30.1 Å². The summed E-state index contributed by atoms with van der Waals surface area (Å²) in [5, 5.41) is 18.3. The standard InChI is InChI=1S/C27H31N5O6.C2H6/c1-36-14-20-17(23(34)13-33)8-22-26-19(12-32(22)27(20)35)18(11-29-4-7-31-5-2-28-3-6-31)16-9-24-25(38-15-37-24)10-21(16)30-26;1-2/h8-10,13,23,28-29,34H,2-7,11-12,14-15H2,1H3;1-2H3. The zero-order valence-corrected chi connectivity index (χ0v) is 23.3. The summed E-state index contributed by atoms with van der Waals surface area (Å²) < 4.78 is 18.1. The van der Waals surface area contributed by atoms with Crippen molar-refractivity contribution in [1.82, 2.24) is 25.1 Å². The second-order valence-electron chi connectivity index (χ2n) is 9.78. The van der Waals surface area contributed by atoms with E-state index in [0.717, 1.165) is 61.3 Å². The smallest absolute Gasteiger partial charge is 0.257 e. The number of carbonyl (C=O) groups excluding carboxylic acids is 1. The van der Waals surface area contributed by atoms with Gasteiger partial charge >= 0.3 is 0 Å². The third-order valence-electron chi connectivity index (χ3n) is 7.54. The van der Waals surface area contributed by atoms with Gasteiger partial charge in [0.2, 0.25) is 6.79 Å². The number of aliphatic hydroxyl groups excluding tert-OH is 1. The van der Waals surface area contributed by atoms with E-state index in [4.69, 9.17) is 19.2 Å². The summed E-state index contributed by atoms with van der Waals surface area (Å²) in [5.74, 6) is 1.30. The van der Waals surface area contributed by atoms with Crippen molar-refractivity contribution in [2.75, 3.05) is 53.2 Å². The van der Waals surface area contributed by atoms with Gasteiger partial charge in [-0.3, -0.25) is 9.69 Å². The van der Waals surface area contributed by atoms with Gasteiger partial charge < -0.3 is 39.3 Å². The summed E-state index contributed by atoms with van der Waals surface area (Å²) >= 11 is 0. The number of ether oxygens (including phenoxy) is 3. The molecule has 1 saturated heterocycles. The Bertz CT molecular complexity index is 1450. The highest BCUT2D eigenvalue weighted by Crippen LogP contribution is 2.41. The van der Waals surface area contributed by atoms with Crippen LogP contribution in [0.5, 0.6) is 11.5 Å². The second-order valence-corrected chi connectivity index (χ2v) is 9.78. The normalized spacial score (nSPS) is 16.3. The zero-order chi connectivity index (χ0) is 28.2. The quantitative estimate of drug-likeness (QED) is 0.208. The van der Waals surface area contributed by atoms with Crippen molar-refractivity contribution in [3.8, 4) is 22.9 Å². The van der Waals surface area contributed by atoms with Gasteiger partial charge in [-0.05, 0) is 17.7 Å². The average Bonchev–Trinajstić information content (AvgIpc) is 3.60. The number of piperazine rings is 1. The molecular weight excluding hydrogens is 514 g/mol. The molecule has 5 heterocycles. The molecule has 0 saturated carbocycles. The van der Waals surface area contributed by atoms with E-state index in [0.29, 0.717) is 42.3 Å². The van der Waals surface area contributed by atoms with Gasteiger partial charge in [-0.1, -0.05) is 13.8 Å². The number of methoxy groups -OCH3 is 1. The first-order valence-corrected chi connectivity index (χ1v) is 13.9. The molecule has 11 nitrogen and oxygen atoms in total. The van der Waals surface area contributed by atoms with Crippen LogP contribution in [0.15, 0.2) is 23.0 Å². The van der Waals surface area contributed by atoms with Crippen molar-refractivity contribution < 1.29 is 24.1 Å². The van der Waals surface area contributed by atoms with Crippen LogP contribution in [0.3, 0.4) is 0 Å². The lowest BCUT2D eigenvalue weighted by Crippen LogP contribution is -2.45. The molecule has 3 aliphatic heterocycles. The van der Waals surface area contributed by atoms with Gasteiger partial charge in [0.1, 0.15) is 6.10 Å². The molecule has 6 rings (SSSR count). The first-order valence-electron chi connectivity index (χ1n) is 13.9. The number of pyridine rings is 2. The first kappa shape index (κ1) is 28.2. The number of hydrogen-bond donors (Lipinski definition) is 3. The summed E-state index contributed by atoms with van der Waals surface area (Å²) in [6.45, 7) is 10.9. The van der Waals surface area contributed by atoms with Crippen LogP contribution in [-0.2, 0) is 29.2 Å². The summed E-state index contributed by atoms with van der Waals surface area (Å²) in [6, 6.07) is 5.51. The number of carbonyl (C=O) groups is 1. The first-order chi connectivity index (χ1) is 19.6. The predicted molar refractivity (Wildman–Crippen MR) is 151 cm³/mol. The van der Waals surface area contributed by atoms with Gasteiger partial charge in [0.15, 0.2) is 17.8 Å². The van der Waals surface area contributed by atoms with Crippen LogP contribution in [-0.4, -0.2) is 79.0 Å². The van der Waals surface area contributed by atoms with E-state index in [1.807, 2.05) is 26.0 Å². The van der Waals surface area contributed by atoms with E-state index in [9.17, 15) is 14.7 Å². The van der Waals surface area contributed by atoms with Crippen molar-refractivity contribution in [1.29, 1.82) is 0 Å². The fourth-order valence-corrected chi connectivity index (χ4v) is 5.57. The number of nitrogens with one attached hydrogen (secondary N) is 2. The van der Waals surface area contributed by atoms with Crippen molar-refractivity contribution in [2.24, 2.45) is 0 Å². The SMILES string of the molecule is CC.COCc1c(C(O)C=O)cc2n(c1=O)Cc1c-2nc2cc3c(cc2c1CNCCN1CCNCC1)OCO3. The van der Waals surface area contributed by atoms with E-state index in [1.165, 1.54) is 7.11 Å². The molecule has 214 valence electrons. The molecule has 0 bridgehead atoms. The van der Waals surface area contributed by atoms with Crippen LogP contribution in [0, 0.1) is 0 Å². The van der Waals surface area contributed by atoms with Crippen molar-refractivity contribution >= 4 is 17.2 Å². The van der Waals surface area contributed by atoms with Gasteiger partial charge in [-0.2, -0.15) is 0 Å². The highest BCUT2D eigenvalue weighted by Gasteiger charge is 2.30. The minimum absolute atomic E-state index is 0.00702. The number of rotatable bonds is 9. The van der Waals surface area contributed by atoms with Crippen LogP contribution < -0.4 is 25.7 Å². The summed E-state index contributed by atoms with van der Waals surface area (Å²) in [5.41, 5.74) is 4.15. The molecule has 0 spiro atoms. The van der Waals surface area contributed by atoms with Gasteiger partial charge in [0.05, 0.1) is 30.1 Å². The number of nitrogens with zero attached hydrogens (tertiary/aromatic N) is 3. The van der Waals surface area contributed by atoms with Gasteiger partial charge in [-0.15, -0.1) is 0 Å². The lowest BCUT2D eigenvalue weighted by molar-refractivity contribution is -0.115. The topological polar surface area (TPSA) is 127 Å². The summed E-state index contributed by atoms with van der Waals surface area (Å²) in [4.78, 5) is 32.4. The fourth-order valence-electron chi connectivity index (χ4n) is 5.57. The fraction of sp³-hybridized carbons (Fsp3) is 0.483. The molecule has 0 radical (unpaired) electrons. The predicted octanol–water partition coefficient (Wildman–Crippen LogP) is 1.55. The Hall–Kier alpha value is -3.35. The third-order valence-corrected chi connectivity index (χ3v) is 7.54. The maximum absolute atomic E-state index is 13.5. The number of aliphatic hydroxyl groups is 1. The lowest BCUT2D eigenvalue weighted by atomic mass is 9.99. The van der Waals surface area contributed by atoms with Crippen molar-refractivity contribution in [2.45, 2.75) is 39.6 Å². The molecule has 1 aromatic carbocycles. The molecule has 1 atom stereocenters. The lowest BCUT2D eigenvalue weighted by Gasteiger charge is -2.27. The molecule has 11 heteroatoms. The second kappa shape index (κ2) is 12.4. The van der Waals surface area contributed by atoms with Crippen LogP contribution in [0.4, 0.5) is 0 Å². The molecule has 1 unspecified atom stereocenters. The number of benzene rings is 1. The summed E-state index contributed by atoms with van der Waals surface area (Å²) in [6.07, 6.45) is -1.01. The highest BCUT2D eigenvalue weighted by atomic mass is 16.7. The highest BCUT2D eigenvalue weighted by molar-refractivity contribution is 5.90.